The molecule has 1 fully saturated rings. The van der Waals surface area contributed by atoms with Gasteiger partial charge in [0, 0.05) is 44.1 Å². The lowest BCUT2D eigenvalue weighted by Gasteiger charge is -2.30. The second-order valence-corrected chi connectivity index (χ2v) is 9.60. The van der Waals surface area contributed by atoms with Gasteiger partial charge in [0.2, 0.25) is 5.95 Å². The maximum Gasteiger partial charge on any atom is 0.296 e. The van der Waals surface area contributed by atoms with Gasteiger partial charge in [-0.3, -0.25) is 4.72 Å². The summed E-state index contributed by atoms with van der Waals surface area (Å²) in [6.07, 6.45) is 1.59. The van der Waals surface area contributed by atoms with Gasteiger partial charge < -0.3 is 25.6 Å². The molecule has 0 atom stereocenters. The fourth-order valence-electron chi connectivity index (χ4n) is 3.50. The third-order valence-corrected chi connectivity index (χ3v) is 6.17. The molecular weight excluding hydrogens is 524 g/mol. The first-order valence-corrected chi connectivity index (χ1v) is 12.8. The number of anilines is 6. The van der Waals surface area contributed by atoms with Gasteiger partial charge in [-0.2, -0.15) is 13.4 Å². The first kappa shape index (κ1) is 24.0. The Morgan fingerprint density at radius 2 is 1.82 bits per heavy atom. The third kappa shape index (κ3) is 6.05. The van der Waals surface area contributed by atoms with E-state index < -0.39 is 10.2 Å². The maximum absolute atomic E-state index is 11.5. The van der Waals surface area contributed by atoms with Crippen LogP contribution in [0.2, 0.25) is 0 Å². The number of piperazine rings is 1. The molecule has 0 aliphatic carbocycles. The van der Waals surface area contributed by atoms with E-state index in [9.17, 15) is 8.42 Å². The Hall–Kier alpha value is -3.13. The minimum atomic E-state index is -3.94. The van der Waals surface area contributed by atoms with Crippen LogP contribution in [0.1, 0.15) is 0 Å². The molecule has 0 bridgehead atoms. The molecule has 1 saturated heterocycles. The van der Waals surface area contributed by atoms with E-state index in [4.69, 9.17) is 9.88 Å². The lowest BCUT2D eigenvalue weighted by Crippen LogP contribution is -2.43. The molecule has 0 radical (unpaired) electrons. The Morgan fingerprint density at radius 3 is 2.53 bits per heavy atom. The van der Waals surface area contributed by atoms with E-state index in [0.29, 0.717) is 33.4 Å². The standard InChI is InChI=1S/C21H25BrN8O3S/c1-33-19-12-14(30-10-8-24-9-11-30)6-7-18(19)27-21-25-13-15(22)20(28-21)26-16-4-2-3-5-17(16)29-34(23,31)32/h2-7,12-13,24,29H,8-11H2,1H3,(H2,23,31,32)(H2,25,26,27,28). The molecule has 13 heteroatoms. The van der Waals surface area contributed by atoms with E-state index in [1.54, 1.807) is 37.6 Å². The molecule has 0 amide bonds. The van der Waals surface area contributed by atoms with Gasteiger partial charge in [-0.05, 0) is 40.2 Å². The summed E-state index contributed by atoms with van der Waals surface area (Å²) in [4.78, 5) is 11.2. The molecule has 2 heterocycles. The minimum absolute atomic E-state index is 0.287. The summed E-state index contributed by atoms with van der Waals surface area (Å²) in [6, 6.07) is 12.7. The predicted molar refractivity (Wildman–Crippen MR) is 138 cm³/mol. The highest BCUT2D eigenvalue weighted by Gasteiger charge is 2.15. The van der Waals surface area contributed by atoms with Crippen molar-refractivity contribution in [2.75, 3.05) is 53.5 Å². The first-order valence-electron chi connectivity index (χ1n) is 10.4. The SMILES string of the molecule is COc1cc(N2CCNCC2)ccc1Nc1ncc(Br)c(Nc2ccccc2NS(N)(=O)=O)n1. The van der Waals surface area contributed by atoms with Crippen LogP contribution in [0.25, 0.3) is 0 Å². The Kier molecular flexibility index (Phi) is 7.36. The molecule has 1 aliphatic rings. The molecule has 1 aliphatic heterocycles. The molecule has 6 N–H and O–H groups in total. The number of methoxy groups -OCH3 is 1. The van der Waals surface area contributed by atoms with Crippen LogP contribution in [0.4, 0.5) is 34.5 Å². The number of hydrogen-bond acceptors (Lipinski definition) is 9. The smallest absolute Gasteiger partial charge is 0.296 e. The molecule has 180 valence electrons. The quantitative estimate of drug-likeness (QED) is 0.286. The third-order valence-electron chi connectivity index (χ3n) is 5.09. The molecule has 1 aromatic heterocycles. The Morgan fingerprint density at radius 1 is 1.09 bits per heavy atom. The molecule has 0 unspecified atom stereocenters. The zero-order chi connectivity index (χ0) is 24.1. The lowest BCUT2D eigenvalue weighted by molar-refractivity contribution is 0.416. The largest absolute Gasteiger partial charge is 0.494 e. The van der Waals surface area contributed by atoms with E-state index in [-0.39, 0.29) is 5.69 Å². The van der Waals surface area contributed by atoms with Gasteiger partial charge in [0.05, 0.1) is 28.6 Å². The normalized spacial score (nSPS) is 13.9. The zero-order valence-electron chi connectivity index (χ0n) is 18.4. The Labute approximate surface area is 206 Å². The fourth-order valence-corrected chi connectivity index (χ4v) is 4.27. The van der Waals surface area contributed by atoms with Crippen LogP contribution in [0.5, 0.6) is 5.75 Å². The van der Waals surface area contributed by atoms with Crippen LogP contribution in [0, 0.1) is 0 Å². The number of nitrogens with one attached hydrogen (secondary N) is 4. The van der Waals surface area contributed by atoms with Crippen LogP contribution < -0.4 is 35.4 Å². The lowest BCUT2D eigenvalue weighted by atomic mass is 10.2. The number of para-hydroxylation sites is 2. The van der Waals surface area contributed by atoms with Crippen molar-refractivity contribution in [3.05, 3.63) is 53.1 Å². The van der Waals surface area contributed by atoms with Gasteiger partial charge in [-0.1, -0.05) is 12.1 Å². The van der Waals surface area contributed by atoms with Crippen molar-refractivity contribution in [3.63, 3.8) is 0 Å². The van der Waals surface area contributed by atoms with Crippen molar-refractivity contribution < 1.29 is 13.2 Å². The highest BCUT2D eigenvalue weighted by atomic mass is 79.9. The summed E-state index contributed by atoms with van der Waals surface area (Å²) >= 11 is 3.43. The van der Waals surface area contributed by atoms with Crippen molar-refractivity contribution in [2.24, 2.45) is 5.14 Å². The van der Waals surface area contributed by atoms with Crippen molar-refractivity contribution in [3.8, 4) is 5.75 Å². The summed E-state index contributed by atoms with van der Waals surface area (Å²) in [5.41, 5.74) is 2.56. The number of nitrogens with zero attached hydrogens (tertiary/aromatic N) is 3. The van der Waals surface area contributed by atoms with E-state index >= 15 is 0 Å². The van der Waals surface area contributed by atoms with E-state index in [1.807, 2.05) is 18.2 Å². The Bertz CT molecular complexity index is 1270. The van der Waals surface area contributed by atoms with Gasteiger partial charge >= 0.3 is 0 Å². The monoisotopic (exact) mass is 548 g/mol. The van der Waals surface area contributed by atoms with E-state index in [2.05, 4.69) is 51.5 Å². The fraction of sp³-hybridized carbons (Fsp3) is 0.238. The number of hydrogen-bond donors (Lipinski definition) is 5. The molecular formula is C21H25BrN8O3S. The van der Waals surface area contributed by atoms with E-state index in [0.717, 1.165) is 31.9 Å². The minimum Gasteiger partial charge on any atom is -0.494 e. The van der Waals surface area contributed by atoms with Gasteiger partial charge in [-0.25, -0.2) is 10.1 Å². The molecule has 3 aromatic rings. The first-order chi connectivity index (χ1) is 16.3. The van der Waals surface area contributed by atoms with Gasteiger partial charge in [0.15, 0.2) is 0 Å². The van der Waals surface area contributed by atoms with Gasteiger partial charge in [0.1, 0.15) is 11.6 Å². The van der Waals surface area contributed by atoms with Gasteiger partial charge in [-0.15, -0.1) is 0 Å². The second-order valence-electron chi connectivity index (χ2n) is 7.45. The molecule has 4 rings (SSSR count). The number of benzene rings is 2. The molecule has 2 aromatic carbocycles. The van der Waals surface area contributed by atoms with Crippen molar-refractivity contribution in [1.29, 1.82) is 0 Å². The molecule has 0 spiro atoms. The number of nitrogens with two attached hydrogens (primary N) is 1. The zero-order valence-corrected chi connectivity index (χ0v) is 20.8. The van der Waals surface area contributed by atoms with Crippen molar-refractivity contribution >= 4 is 60.7 Å². The number of aromatic nitrogens is 2. The molecule has 34 heavy (non-hydrogen) atoms. The average molecular weight is 549 g/mol. The highest BCUT2D eigenvalue weighted by molar-refractivity contribution is 9.10. The Balaban J connectivity index is 1.56. The van der Waals surface area contributed by atoms with Crippen LogP contribution >= 0.6 is 15.9 Å². The summed E-state index contributed by atoms with van der Waals surface area (Å²) in [5.74, 6) is 1.42. The molecule has 0 saturated carbocycles. The maximum atomic E-state index is 11.5. The van der Waals surface area contributed by atoms with Crippen LogP contribution in [-0.4, -0.2) is 51.7 Å². The predicted octanol–water partition coefficient (Wildman–Crippen LogP) is 2.76. The summed E-state index contributed by atoms with van der Waals surface area (Å²) in [6.45, 7) is 3.76. The van der Waals surface area contributed by atoms with Crippen molar-refractivity contribution in [1.82, 2.24) is 15.3 Å². The van der Waals surface area contributed by atoms with Crippen LogP contribution in [0.15, 0.2) is 53.1 Å². The summed E-state index contributed by atoms with van der Waals surface area (Å²) in [7, 11) is -2.32. The average Bonchev–Trinajstić information content (AvgIpc) is 2.82. The second kappa shape index (κ2) is 10.4. The van der Waals surface area contributed by atoms with Gasteiger partial charge in [0.25, 0.3) is 10.2 Å². The van der Waals surface area contributed by atoms with E-state index in [1.165, 1.54) is 0 Å². The summed E-state index contributed by atoms with van der Waals surface area (Å²) in [5, 5.41) is 14.8. The number of rotatable bonds is 8. The van der Waals surface area contributed by atoms with Crippen LogP contribution in [-0.2, 0) is 10.2 Å². The molecule has 11 nitrogen and oxygen atoms in total. The van der Waals surface area contributed by atoms with Crippen LogP contribution in [0.3, 0.4) is 0 Å². The highest BCUT2D eigenvalue weighted by Crippen LogP contribution is 2.33. The topological polar surface area (TPSA) is 147 Å². The summed E-state index contributed by atoms with van der Waals surface area (Å²) < 4.78 is 31.4. The number of halogens is 1. The van der Waals surface area contributed by atoms with Crippen molar-refractivity contribution in [2.45, 2.75) is 0 Å². The number of ether oxygens (including phenoxy) is 1.